The summed E-state index contributed by atoms with van der Waals surface area (Å²) in [5, 5.41) is 10.8. The van der Waals surface area contributed by atoms with Gasteiger partial charge < -0.3 is 16.2 Å². The SMILES string of the molecule is Cl.NC1CCC(CNC(=O)O)CC1. The fourth-order valence-corrected chi connectivity index (χ4v) is 1.62. The summed E-state index contributed by atoms with van der Waals surface area (Å²) in [7, 11) is 0. The van der Waals surface area contributed by atoms with Crippen molar-refractivity contribution >= 4 is 18.5 Å². The molecule has 0 atom stereocenters. The summed E-state index contributed by atoms with van der Waals surface area (Å²) in [6, 6.07) is 0.339. The Morgan fingerprint density at radius 3 is 2.38 bits per heavy atom. The van der Waals surface area contributed by atoms with Gasteiger partial charge in [0.2, 0.25) is 0 Å². The Hall–Kier alpha value is -0.480. The zero-order valence-corrected chi connectivity index (χ0v) is 8.35. The minimum atomic E-state index is -0.926. The van der Waals surface area contributed by atoms with E-state index >= 15 is 0 Å². The number of nitrogens with one attached hydrogen (secondary N) is 1. The number of amides is 1. The van der Waals surface area contributed by atoms with Crippen LogP contribution in [-0.2, 0) is 0 Å². The van der Waals surface area contributed by atoms with E-state index in [0.29, 0.717) is 18.5 Å². The van der Waals surface area contributed by atoms with Gasteiger partial charge in [0.05, 0.1) is 0 Å². The van der Waals surface area contributed by atoms with E-state index in [1.807, 2.05) is 0 Å². The van der Waals surface area contributed by atoms with Crippen LogP contribution in [-0.4, -0.2) is 23.8 Å². The number of hydrogen-bond acceptors (Lipinski definition) is 2. The van der Waals surface area contributed by atoms with Crippen LogP contribution < -0.4 is 11.1 Å². The summed E-state index contributed by atoms with van der Waals surface area (Å²) in [6.45, 7) is 0.585. The van der Waals surface area contributed by atoms with Crippen molar-refractivity contribution < 1.29 is 9.90 Å². The fraction of sp³-hybridized carbons (Fsp3) is 0.875. The highest BCUT2D eigenvalue weighted by atomic mass is 35.5. The van der Waals surface area contributed by atoms with Gasteiger partial charge in [0, 0.05) is 12.6 Å². The molecule has 13 heavy (non-hydrogen) atoms. The van der Waals surface area contributed by atoms with E-state index in [-0.39, 0.29) is 12.4 Å². The normalized spacial score (nSPS) is 27.5. The zero-order valence-electron chi connectivity index (χ0n) is 7.53. The Balaban J connectivity index is 0.00000144. The third kappa shape index (κ3) is 4.95. The molecule has 1 aliphatic carbocycles. The maximum absolute atomic E-state index is 10.2. The molecule has 0 bridgehead atoms. The molecule has 78 valence electrons. The highest BCUT2D eigenvalue weighted by Gasteiger charge is 2.18. The second kappa shape index (κ2) is 6.05. The summed E-state index contributed by atoms with van der Waals surface area (Å²) in [5.41, 5.74) is 5.72. The van der Waals surface area contributed by atoms with Crippen LogP contribution in [0.3, 0.4) is 0 Å². The van der Waals surface area contributed by atoms with Gasteiger partial charge in [-0.3, -0.25) is 0 Å². The smallest absolute Gasteiger partial charge is 0.404 e. The van der Waals surface area contributed by atoms with E-state index in [4.69, 9.17) is 10.8 Å². The molecule has 0 heterocycles. The number of halogens is 1. The molecule has 0 aromatic carbocycles. The van der Waals surface area contributed by atoms with E-state index in [1.54, 1.807) is 0 Å². The van der Waals surface area contributed by atoms with Crippen LogP contribution >= 0.6 is 12.4 Å². The molecule has 1 saturated carbocycles. The van der Waals surface area contributed by atoms with Gasteiger partial charge in [-0.2, -0.15) is 0 Å². The molecule has 0 unspecified atom stereocenters. The highest BCUT2D eigenvalue weighted by Crippen LogP contribution is 2.22. The highest BCUT2D eigenvalue weighted by molar-refractivity contribution is 5.85. The number of hydrogen-bond donors (Lipinski definition) is 3. The minimum absolute atomic E-state index is 0. The Bertz CT molecular complexity index is 158. The van der Waals surface area contributed by atoms with Crippen molar-refractivity contribution in [1.82, 2.24) is 5.32 Å². The van der Waals surface area contributed by atoms with Crippen LogP contribution in [0.1, 0.15) is 25.7 Å². The lowest BCUT2D eigenvalue weighted by molar-refractivity contribution is 0.190. The van der Waals surface area contributed by atoms with Crippen molar-refractivity contribution in [3.63, 3.8) is 0 Å². The molecule has 5 heteroatoms. The summed E-state index contributed by atoms with van der Waals surface area (Å²) >= 11 is 0. The van der Waals surface area contributed by atoms with Crippen LogP contribution in [0.15, 0.2) is 0 Å². The third-order valence-electron chi connectivity index (χ3n) is 2.43. The van der Waals surface area contributed by atoms with Crippen molar-refractivity contribution in [3.8, 4) is 0 Å². The van der Waals surface area contributed by atoms with Crippen molar-refractivity contribution in [2.24, 2.45) is 11.7 Å². The summed E-state index contributed by atoms with van der Waals surface area (Å²) in [4.78, 5) is 10.2. The Morgan fingerprint density at radius 2 is 1.92 bits per heavy atom. The number of nitrogens with two attached hydrogens (primary N) is 1. The van der Waals surface area contributed by atoms with Crippen LogP contribution in [0, 0.1) is 5.92 Å². The molecule has 0 aromatic rings. The van der Waals surface area contributed by atoms with E-state index < -0.39 is 6.09 Å². The third-order valence-corrected chi connectivity index (χ3v) is 2.43. The van der Waals surface area contributed by atoms with Gasteiger partial charge in [0.15, 0.2) is 0 Å². The largest absolute Gasteiger partial charge is 0.465 e. The van der Waals surface area contributed by atoms with Gasteiger partial charge in [-0.25, -0.2) is 4.79 Å². The van der Waals surface area contributed by atoms with Gasteiger partial charge in [-0.15, -0.1) is 12.4 Å². The maximum Gasteiger partial charge on any atom is 0.404 e. The fourth-order valence-electron chi connectivity index (χ4n) is 1.62. The molecule has 4 nitrogen and oxygen atoms in total. The lowest BCUT2D eigenvalue weighted by Gasteiger charge is -2.25. The zero-order chi connectivity index (χ0) is 8.97. The van der Waals surface area contributed by atoms with Crippen molar-refractivity contribution in [1.29, 1.82) is 0 Å². The van der Waals surface area contributed by atoms with Crippen molar-refractivity contribution in [2.45, 2.75) is 31.7 Å². The molecular formula is C8H17ClN2O2. The van der Waals surface area contributed by atoms with Gasteiger partial charge in [0.25, 0.3) is 0 Å². The molecule has 1 rings (SSSR count). The van der Waals surface area contributed by atoms with E-state index in [2.05, 4.69) is 5.32 Å². The van der Waals surface area contributed by atoms with Crippen molar-refractivity contribution in [2.75, 3.05) is 6.54 Å². The molecule has 0 aliphatic heterocycles. The molecule has 4 N–H and O–H groups in total. The maximum atomic E-state index is 10.2. The van der Waals surface area contributed by atoms with Crippen LogP contribution in [0.25, 0.3) is 0 Å². The minimum Gasteiger partial charge on any atom is -0.465 e. The Labute approximate surface area is 84.3 Å². The summed E-state index contributed by atoms with van der Waals surface area (Å²) in [6.07, 6.45) is 3.26. The molecule has 0 saturated heterocycles. The first-order chi connectivity index (χ1) is 5.68. The van der Waals surface area contributed by atoms with E-state index in [0.717, 1.165) is 25.7 Å². The predicted octanol–water partition coefficient (Wildman–Crippen LogP) is 1.19. The molecule has 0 aromatic heterocycles. The lowest BCUT2D eigenvalue weighted by Crippen LogP contribution is -2.33. The van der Waals surface area contributed by atoms with E-state index in [1.165, 1.54) is 0 Å². The average molecular weight is 209 g/mol. The van der Waals surface area contributed by atoms with Crippen LogP contribution in [0.5, 0.6) is 0 Å². The molecule has 1 aliphatic rings. The van der Waals surface area contributed by atoms with Gasteiger partial charge in [0.1, 0.15) is 0 Å². The Kier molecular flexibility index (Phi) is 5.82. The number of carboxylic acid groups (broad SMARTS) is 1. The first-order valence-electron chi connectivity index (χ1n) is 4.41. The summed E-state index contributed by atoms with van der Waals surface area (Å²) in [5.74, 6) is 0.501. The number of rotatable bonds is 2. The predicted molar refractivity (Wildman–Crippen MR) is 53.2 cm³/mol. The second-order valence-corrected chi connectivity index (χ2v) is 3.47. The van der Waals surface area contributed by atoms with Crippen LogP contribution in [0.2, 0.25) is 0 Å². The van der Waals surface area contributed by atoms with Gasteiger partial charge in [-0.1, -0.05) is 0 Å². The average Bonchev–Trinajstić information content (AvgIpc) is 2.03. The molecule has 0 spiro atoms. The molecule has 1 amide bonds. The first kappa shape index (κ1) is 12.5. The standard InChI is InChI=1S/C8H16N2O2.ClH/c9-7-3-1-6(2-4-7)5-10-8(11)12;/h6-7,10H,1-5,9H2,(H,11,12);1H. The monoisotopic (exact) mass is 208 g/mol. The quantitative estimate of drug-likeness (QED) is 0.638. The van der Waals surface area contributed by atoms with Gasteiger partial charge >= 0.3 is 6.09 Å². The molecule has 0 radical (unpaired) electrons. The Morgan fingerprint density at radius 1 is 1.38 bits per heavy atom. The topological polar surface area (TPSA) is 75.3 Å². The molecule has 1 fully saturated rings. The van der Waals surface area contributed by atoms with Crippen molar-refractivity contribution in [3.05, 3.63) is 0 Å². The summed E-state index contributed by atoms with van der Waals surface area (Å²) < 4.78 is 0. The van der Waals surface area contributed by atoms with Crippen LogP contribution in [0.4, 0.5) is 4.79 Å². The first-order valence-corrected chi connectivity index (χ1v) is 4.41. The molecular weight excluding hydrogens is 192 g/mol. The van der Waals surface area contributed by atoms with E-state index in [9.17, 15) is 4.79 Å². The lowest BCUT2D eigenvalue weighted by atomic mass is 9.86. The number of carbonyl (C=O) groups is 1. The van der Waals surface area contributed by atoms with Gasteiger partial charge in [-0.05, 0) is 31.6 Å². The second-order valence-electron chi connectivity index (χ2n) is 3.47.